The van der Waals surface area contributed by atoms with Gasteiger partial charge in [0.2, 0.25) is 0 Å². The second-order valence-corrected chi connectivity index (χ2v) is 5.73. The van der Waals surface area contributed by atoms with E-state index in [1.807, 2.05) is 16.9 Å². The Bertz CT molecular complexity index is 510. The van der Waals surface area contributed by atoms with Gasteiger partial charge in [0.05, 0.1) is 11.4 Å². The van der Waals surface area contributed by atoms with Crippen LogP contribution in [0.3, 0.4) is 0 Å². The lowest BCUT2D eigenvalue weighted by Gasteiger charge is -2.05. The zero-order valence-corrected chi connectivity index (χ0v) is 13.2. The highest BCUT2D eigenvalue weighted by atomic mass is 127. The summed E-state index contributed by atoms with van der Waals surface area (Å²) < 4.78 is 4.16. The third kappa shape index (κ3) is 3.29. The van der Waals surface area contributed by atoms with E-state index in [1.165, 1.54) is 3.57 Å². The van der Waals surface area contributed by atoms with Crippen molar-refractivity contribution in [2.24, 2.45) is 0 Å². The minimum absolute atomic E-state index is 0.811. The molecule has 1 N–H and O–H groups in total. The smallest absolute Gasteiger partial charge is 0.0788 e. The molecule has 0 bridgehead atoms. The van der Waals surface area contributed by atoms with Crippen LogP contribution in [0.1, 0.15) is 12.6 Å². The number of benzene rings is 1. The van der Waals surface area contributed by atoms with Crippen molar-refractivity contribution < 1.29 is 0 Å². The monoisotopic (exact) mass is 405 g/mol. The Morgan fingerprint density at radius 3 is 2.94 bits per heavy atom. The summed E-state index contributed by atoms with van der Waals surface area (Å²) in [7, 11) is 0. The molecule has 1 aromatic carbocycles. The van der Waals surface area contributed by atoms with Crippen molar-refractivity contribution in [1.82, 2.24) is 15.1 Å². The molecule has 0 amide bonds. The van der Waals surface area contributed by atoms with Crippen molar-refractivity contribution in [3.05, 3.63) is 44.2 Å². The predicted molar refractivity (Wildman–Crippen MR) is 81.4 cm³/mol. The van der Waals surface area contributed by atoms with Gasteiger partial charge < -0.3 is 5.32 Å². The number of rotatable bonds is 4. The summed E-state index contributed by atoms with van der Waals surface area (Å²) in [5.74, 6) is 0. The van der Waals surface area contributed by atoms with Crippen LogP contribution in [0.25, 0.3) is 5.69 Å². The third-order valence-corrected chi connectivity index (χ3v) is 3.66. The van der Waals surface area contributed by atoms with Gasteiger partial charge in [-0.2, -0.15) is 5.10 Å². The predicted octanol–water partition coefficient (Wildman–Crippen LogP) is 3.35. The van der Waals surface area contributed by atoms with E-state index >= 15 is 0 Å². The maximum absolute atomic E-state index is 4.53. The van der Waals surface area contributed by atoms with Gasteiger partial charge in [-0.15, -0.1) is 0 Å². The zero-order valence-electron chi connectivity index (χ0n) is 9.45. The summed E-state index contributed by atoms with van der Waals surface area (Å²) in [6.45, 7) is 3.86. The molecule has 2 rings (SSSR count). The summed E-state index contributed by atoms with van der Waals surface area (Å²) in [6, 6.07) is 8.26. The first-order valence-electron chi connectivity index (χ1n) is 5.41. The van der Waals surface area contributed by atoms with E-state index in [9.17, 15) is 0 Å². The van der Waals surface area contributed by atoms with Crippen molar-refractivity contribution in [3.8, 4) is 5.69 Å². The molecule has 1 aromatic heterocycles. The van der Waals surface area contributed by atoms with Crippen molar-refractivity contribution >= 4 is 38.5 Å². The van der Waals surface area contributed by atoms with Gasteiger partial charge in [-0.3, -0.25) is 0 Å². The van der Waals surface area contributed by atoms with Gasteiger partial charge in [0, 0.05) is 20.8 Å². The van der Waals surface area contributed by atoms with Crippen LogP contribution in [-0.4, -0.2) is 16.3 Å². The number of nitrogens with zero attached hydrogens (tertiary/aromatic N) is 2. The minimum Gasteiger partial charge on any atom is -0.311 e. The Morgan fingerprint density at radius 1 is 1.41 bits per heavy atom. The fraction of sp³-hybridized carbons (Fsp3) is 0.250. The van der Waals surface area contributed by atoms with Crippen LogP contribution in [0.2, 0.25) is 0 Å². The summed E-state index contributed by atoms with van der Waals surface area (Å²) in [5.41, 5.74) is 2.12. The number of aromatic nitrogens is 2. The number of halogens is 2. The fourth-order valence-corrected chi connectivity index (χ4v) is 2.99. The second-order valence-electron chi connectivity index (χ2n) is 3.63. The van der Waals surface area contributed by atoms with Crippen LogP contribution >= 0.6 is 38.5 Å². The van der Waals surface area contributed by atoms with Crippen molar-refractivity contribution in [3.63, 3.8) is 0 Å². The summed E-state index contributed by atoms with van der Waals surface area (Å²) in [4.78, 5) is 0. The molecular formula is C12H13BrIN3. The number of hydrogen-bond donors (Lipinski definition) is 1. The molecule has 5 heteroatoms. The Morgan fingerprint density at radius 2 is 2.24 bits per heavy atom. The van der Waals surface area contributed by atoms with Crippen LogP contribution in [0.4, 0.5) is 0 Å². The fourth-order valence-electron chi connectivity index (χ4n) is 1.51. The number of nitrogens with one attached hydrogen (secondary N) is 1. The van der Waals surface area contributed by atoms with Gasteiger partial charge in [-0.05, 0) is 69.3 Å². The molecule has 3 nitrogen and oxygen atoms in total. The topological polar surface area (TPSA) is 29.9 Å². The molecule has 90 valence electrons. The third-order valence-electron chi connectivity index (χ3n) is 2.36. The van der Waals surface area contributed by atoms with Crippen LogP contribution in [-0.2, 0) is 6.54 Å². The molecule has 0 atom stereocenters. The molecule has 0 saturated heterocycles. The molecule has 0 radical (unpaired) electrons. The quantitative estimate of drug-likeness (QED) is 0.790. The molecule has 0 saturated carbocycles. The highest BCUT2D eigenvalue weighted by Crippen LogP contribution is 2.22. The maximum atomic E-state index is 4.53. The van der Waals surface area contributed by atoms with Crippen LogP contribution < -0.4 is 5.32 Å². The first-order valence-corrected chi connectivity index (χ1v) is 7.28. The molecule has 0 unspecified atom stereocenters. The van der Waals surface area contributed by atoms with E-state index in [1.54, 1.807) is 0 Å². The lowest BCUT2D eigenvalue weighted by molar-refractivity contribution is 0.696. The highest BCUT2D eigenvalue weighted by Gasteiger charge is 2.05. The van der Waals surface area contributed by atoms with Gasteiger partial charge in [0.25, 0.3) is 0 Å². The van der Waals surface area contributed by atoms with Crippen LogP contribution in [0.15, 0.2) is 34.9 Å². The molecular weight excluding hydrogens is 393 g/mol. The minimum atomic E-state index is 0.811. The van der Waals surface area contributed by atoms with Gasteiger partial charge >= 0.3 is 0 Å². The van der Waals surface area contributed by atoms with Crippen molar-refractivity contribution in [1.29, 1.82) is 0 Å². The first-order chi connectivity index (χ1) is 8.20. The van der Waals surface area contributed by atoms with Gasteiger partial charge in [0.15, 0.2) is 0 Å². The van der Waals surface area contributed by atoms with E-state index in [-0.39, 0.29) is 0 Å². The van der Waals surface area contributed by atoms with Crippen molar-refractivity contribution in [2.45, 2.75) is 13.5 Å². The summed E-state index contributed by atoms with van der Waals surface area (Å²) >= 11 is 5.86. The average molecular weight is 406 g/mol. The molecule has 0 aliphatic carbocycles. The van der Waals surface area contributed by atoms with E-state index in [4.69, 9.17) is 0 Å². The Hall–Kier alpha value is -0.400. The molecule has 2 aromatic rings. The Balaban J connectivity index is 2.24. The first kappa shape index (κ1) is 13.0. The van der Waals surface area contributed by atoms with Gasteiger partial charge in [-0.1, -0.05) is 6.92 Å². The molecule has 0 spiro atoms. The van der Waals surface area contributed by atoms with E-state index < -0.39 is 0 Å². The highest BCUT2D eigenvalue weighted by molar-refractivity contribution is 14.1. The Kier molecular flexibility index (Phi) is 4.58. The maximum Gasteiger partial charge on any atom is 0.0788 e. The van der Waals surface area contributed by atoms with Crippen LogP contribution in [0.5, 0.6) is 0 Å². The largest absolute Gasteiger partial charge is 0.311 e. The molecule has 17 heavy (non-hydrogen) atoms. The standard InChI is InChI=1S/C12H13BrIN3/c1-2-15-8-10-5-6-17(16-10)12-4-3-9(14)7-11(12)13/h3-7,15H,2,8H2,1H3. The summed E-state index contributed by atoms with van der Waals surface area (Å²) in [5, 5.41) is 7.79. The molecule has 0 aliphatic heterocycles. The molecule has 1 heterocycles. The Labute approximate surface area is 123 Å². The van der Waals surface area contributed by atoms with E-state index in [0.717, 1.165) is 28.9 Å². The molecule has 0 aliphatic rings. The normalized spacial score (nSPS) is 10.8. The van der Waals surface area contributed by atoms with E-state index in [2.05, 4.69) is 74.1 Å². The second kappa shape index (κ2) is 5.97. The SMILES string of the molecule is CCNCc1ccn(-c2ccc(I)cc2Br)n1. The average Bonchev–Trinajstić information content (AvgIpc) is 2.75. The summed E-state index contributed by atoms with van der Waals surface area (Å²) in [6.07, 6.45) is 1.99. The van der Waals surface area contributed by atoms with Gasteiger partial charge in [-0.25, -0.2) is 4.68 Å². The van der Waals surface area contributed by atoms with E-state index in [0.29, 0.717) is 0 Å². The number of hydrogen-bond acceptors (Lipinski definition) is 2. The molecule has 0 fully saturated rings. The lowest BCUT2D eigenvalue weighted by atomic mass is 10.3. The zero-order chi connectivity index (χ0) is 12.3. The van der Waals surface area contributed by atoms with Crippen LogP contribution in [0, 0.1) is 3.57 Å². The lowest BCUT2D eigenvalue weighted by Crippen LogP contribution is -2.12. The van der Waals surface area contributed by atoms with Gasteiger partial charge in [0.1, 0.15) is 0 Å². The van der Waals surface area contributed by atoms with Crippen molar-refractivity contribution in [2.75, 3.05) is 6.54 Å².